The summed E-state index contributed by atoms with van der Waals surface area (Å²) in [6.07, 6.45) is 0. The second-order valence-corrected chi connectivity index (χ2v) is 5.15. The molecule has 0 aromatic heterocycles. The first-order valence-electron chi connectivity index (χ1n) is 6.06. The third-order valence-electron chi connectivity index (χ3n) is 2.79. The zero-order valence-corrected chi connectivity index (χ0v) is 12.6. The van der Waals surface area contributed by atoms with E-state index in [1.165, 1.54) is 12.1 Å². The van der Waals surface area contributed by atoms with Gasteiger partial charge in [-0.3, -0.25) is 4.79 Å². The van der Waals surface area contributed by atoms with Crippen LogP contribution in [0.3, 0.4) is 0 Å². The number of benzene rings is 2. The Morgan fingerprint density at radius 3 is 2.43 bits per heavy atom. The molecule has 2 aromatic carbocycles. The van der Waals surface area contributed by atoms with Crippen molar-refractivity contribution in [3.8, 4) is 5.75 Å². The highest BCUT2D eigenvalue weighted by atomic mass is 35.5. The van der Waals surface area contributed by atoms with Crippen LogP contribution in [-0.2, 0) is 0 Å². The summed E-state index contributed by atoms with van der Waals surface area (Å²) in [6, 6.07) is 11.1. The number of nitrogens with zero attached hydrogens (tertiary/aromatic N) is 1. The molecule has 108 valence electrons. The van der Waals surface area contributed by atoms with Crippen LogP contribution >= 0.6 is 23.2 Å². The van der Waals surface area contributed by atoms with E-state index in [9.17, 15) is 9.90 Å². The molecule has 1 amide bonds. The summed E-state index contributed by atoms with van der Waals surface area (Å²) in [4.78, 5) is 12.0. The van der Waals surface area contributed by atoms with Gasteiger partial charge in [-0.15, -0.1) is 0 Å². The van der Waals surface area contributed by atoms with Crippen molar-refractivity contribution in [2.75, 3.05) is 0 Å². The molecule has 2 rings (SSSR count). The molecule has 0 saturated heterocycles. The molecule has 0 bridgehead atoms. The lowest BCUT2D eigenvalue weighted by atomic mass is 10.1. The van der Waals surface area contributed by atoms with Gasteiger partial charge >= 0.3 is 0 Å². The predicted molar refractivity (Wildman–Crippen MR) is 84.2 cm³/mol. The van der Waals surface area contributed by atoms with Gasteiger partial charge in [-0.1, -0.05) is 23.2 Å². The van der Waals surface area contributed by atoms with E-state index < -0.39 is 5.91 Å². The Morgan fingerprint density at radius 2 is 1.81 bits per heavy atom. The largest absolute Gasteiger partial charge is 0.508 e. The smallest absolute Gasteiger partial charge is 0.272 e. The van der Waals surface area contributed by atoms with Crippen LogP contribution in [0, 0.1) is 0 Å². The fourth-order valence-electron chi connectivity index (χ4n) is 1.64. The molecule has 6 heteroatoms. The quantitative estimate of drug-likeness (QED) is 0.666. The Labute approximate surface area is 132 Å². The molecule has 0 radical (unpaired) electrons. The lowest BCUT2D eigenvalue weighted by molar-refractivity contribution is 0.0955. The Hall–Kier alpha value is -2.04. The number of hydrazone groups is 1. The molecule has 4 nitrogen and oxygen atoms in total. The minimum Gasteiger partial charge on any atom is -0.508 e. The molecule has 0 unspecified atom stereocenters. The number of carbonyl (C=O) groups excluding carboxylic acids is 1. The maximum absolute atomic E-state index is 12.0. The van der Waals surface area contributed by atoms with E-state index in [1.54, 1.807) is 37.3 Å². The fraction of sp³-hybridized carbons (Fsp3) is 0.0667. The van der Waals surface area contributed by atoms with Gasteiger partial charge < -0.3 is 5.11 Å². The number of hydrogen-bond acceptors (Lipinski definition) is 3. The Bertz CT molecular complexity index is 697. The first-order valence-corrected chi connectivity index (χ1v) is 6.82. The third kappa shape index (κ3) is 3.97. The van der Waals surface area contributed by atoms with Gasteiger partial charge in [-0.25, -0.2) is 5.43 Å². The number of aromatic hydroxyl groups is 1. The summed E-state index contributed by atoms with van der Waals surface area (Å²) >= 11 is 11.7. The van der Waals surface area contributed by atoms with Crippen LogP contribution in [0.4, 0.5) is 0 Å². The molecule has 21 heavy (non-hydrogen) atoms. The number of amides is 1. The van der Waals surface area contributed by atoms with Crippen LogP contribution in [0.25, 0.3) is 0 Å². The molecular formula is C15H12Cl2N2O2. The number of nitrogens with one attached hydrogen (secondary N) is 1. The van der Waals surface area contributed by atoms with E-state index in [0.717, 1.165) is 5.56 Å². The normalized spacial score (nSPS) is 11.3. The molecule has 0 atom stereocenters. The highest BCUT2D eigenvalue weighted by Gasteiger charge is 2.10. The van der Waals surface area contributed by atoms with E-state index in [2.05, 4.69) is 10.5 Å². The zero-order valence-electron chi connectivity index (χ0n) is 11.1. The van der Waals surface area contributed by atoms with Gasteiger partial charge in [0.25, 0.3) is 5.91 Å². The first-order chi connectivity index (χ1) is 9.97. The van der Waals surface area contributed by atoms with Crippen molar-refractivity contribution in [1.29, 1.82) is 0 Å². The minimum atomic E-state index is -0.421. The summed E-state index contributed by atoms with van der Waals surface area (Å²) in [5, 5.41) is 14.0. The molecule has 0 saturated carbocycles. The molecule has 2 N–H and O–H groups in total. The molecule has 0 spiro atoms. The topological polar surface area (TPSA) is 61.7 Å². The summed E-state index contributed by atoms with van der Waals surface area (Å²) in [6.45, 7) is 1.75. The average Bonchev–Trinajstić information content (AvgIpc) is 2.45. The lowest BCUT2D eigenvalue weighted by Gasteiger charge is -2.05. The van der Waals surface area contributed by atoms with E-state index >= 15 is 0 Å². The average molecular weight is 323 g/mol. The first kappa shape index (κ1) is 15.4. The third-order valence-corrected chi connectivity index (χ3v) is 3.33. The minimum absolute atomic E-state index is 0.170. The van der Waals surface area contributed by atoms with Gasteiger partial charge in [0.2, 0.25) is 0 Å². The van der Waals surface area contributed by atoms with Crippen molar-refractivity contribution in [2.45, 2.75) is 6.92 Å². The Morgan fingerprint density at radius 1 is 1.14 bits per heavy atom. The molecular weight excluding hydrogens is 311 g/mol. The highest BCUT2D eigenvalue weighted by Crippen LogP contribution is 2.20. The number of halogens is 2. The fourth-order valence-corrected chi connectivity index (χ4v) is 2.13. The van der Waals surface area contributed by atoms with Crippen LogP contribution in [0.2, 0.25) is 10.0 Å². The molecule has 2 aromatic rings. The number of phenols is 1. The highest BCUT2D eigenvalue weighted by molar-refractivity contribution is 6.36. The monoisotopic (exact) mass is 322 g/mol. The summed E-state index contributed by atoms with van der Waals surface area (Å²) in [5.41, 5.74) is 4.12. The SMILES string of the molecule is CC(=NNC(=O)c1ccc(Cl)cc1Cl)c1ccc(O)cc1. The second kappa shape index (κ2) is 6.61. The Balaban J connectivity index is 2.12. The maximum atomic E-state index is 12.0. The van der Waals surface area contributed by atoms with Crippen LogP contribution in [0.1, 0.15) is 22.8 Å². The van der Waals surface area contributed by atoms with Crippen LogP contribution in [-0.4, -0.2) is 16.7 Å². The maximum Gasteiger partial charge on any atom is 0.272 e. The van der Waals surface area contributed by atoms with Crippen LogP contribution in [0.15, 0.2) is 47.6 Å². The van der Waals surface area contributed by atoms with Crippen molar-refractivity contribution >= 4 is 34.8 Å². The van der Waals surface area contributed by atoms with Gasteiger partial charge in [-0.2, -0.15) is 5.10 Å². The summed E-state index contributed by atoms with van der Waals surface area (Å²) in [5.74, 6) is -0.252. The van der Waals surface area contributed by atoms with Crippen molar-refractivity contribution < 1.29 is 9.90 Å². The van der Waals surface area contributed by atoms with Crippen molar-refractivity contribution in [2.24, 2.45) is 5.10 Å². The van der Waals surface area contributed by atoms with Gasteiger partial charge in [0.05, 0.1) is 16.3 Å². The summed E-state index contributed by atoms with van der Waals surface area (Å²) < 4.78 is 0. The molecule has 0 fully saturated rings. The van der Waals surface area contributed by atoms with E-state index in [1.807, 2.05) is 0 Å². The van der Waals surface area contributed by atoms with Crippen molar-refractivity contribution in [3.63, 3.8) is 0 Å². The standard InChI is InChI=1S/C15H12Cl2N2O2/c1-9(10-2-5-12(20)6-3-10)18-19-15(21)13-7-4-11(16)8-14(13)17/h2-8,20H,1H3,(H,19,21). The lowest BCUT2D eigenvalue weighted by Crippen LogP contribution is -2.19. The number of carbonyl (C=O) groups is 1. The van der Waals surface area contributed by atoms with E-state index in [0.29, 0.717) is 16.3 Å². The second-order valence-electron chi connectivity index (χ2n) is 4.31. The molecule has 0 heterocycles. The van der Waals surface area contributed by atoms with Gasteiger partial charge in [0.15, 0.2) is 0 Å². The number of hydrogen-bond donors (Lipinski definition) is 2. The number of rotatable bonds is 3. The predicted octanol–water partition coefficient (Wildman–Crippen LogP) is 3.85. The summed E-state index contributed by atoms with van der Waals surface area (Å²) in [7, 11) is 0. The molecule has 0 aliphatic rings. The van der Waals surface area contributed by atoms with Gasteiger partial charge in [0, 0.05) is 5.02 Å². The van der Waals surface area contributed by atoms with Crippen molar-refractivity contribution in [3.05, 3.63) is 63.6 Å². The zero-order chi connectivity index (χ0) is 15.4. The molecule has 0 aliphatic carbocycles. The van der Waals surface area contributed by atoms with Crippen LogP contribution < -0.4 is 5.43 Å². The Kier molecular flexibility index (Phi) is 4.83. The van der Waals surface area contributed by atoms with E-state index in [4.69, 9.17) is 23.2 Å². The number of phenolic OH excluding ortho intramolecular Hbond substituents is 1. The molecule has 0 aliphatic heterocycles. The van der Waals surface area contributed by atoms with Crippen molar-refractivity contribution in [1.82, 2.24) is 5.43 Å². The van der Waals surface area contributed by atoms with E-state index in [-0.39, 0.29) is 10.8 Å². The van der Waals surface area contributed by atoms with Gasteiger partial charge in [0.1, 0.15) is 5.75 Å². The van der Waals surface area contributed by atoms with Crippen LogP contribution in [0.5, 0.6) is 5.75 Å². The van der Waals surface area contributed by atoms with Gasteiger partial charge in [-0.05, 0) is 55.0 Å².